The first-order valence-electron chi connectivity index (χ1n) is 4.59. The summed E-state index contributed by atoms with van der Waals surface area (Å²) in [7, 11) is 0. The van der Waals surface area contributed by atoms with Gasteiger partial charge in [-0.05, 0) is 26.0 Å². The third-order valence-electron chi connectivity index (χ3n) is 1.92. The van der Waals surface area contributed by atoms with Crippen molar-refractivity contribution in [2.24, 2.45) is 5.73 Å². The van der Waals surface area contributed by atoms with E-state index in [2.05, 4.69) is 10.3 Å². The van der Waals surface area contributed by atoms with Crippen molar-refractivity contribution in [1.82, 2.24) is 10.3 Å². The van der Waals surface area contributed by atoms with Gasteiger partial charge in [-0.15, -0.1) is 12.4 Å². The van der Waals surface area contributed by atoms with Crippen LogP contribution in [0, 0.1) is 5.82 Å². The van der Waals surface area contributed by atoms with E-state index in [1.165, 1.54) is 12.1 Å². The van der Waals surface area contributed by atoms with Crippen molar-refractivity contribution in [3.63, 3.8) is 0 Å². The van der Waals surface area contributed by atoms with Gasteiger partial charge in [0.15, 0.2) is 0 Å². The molecule has 6 heteroatoms. The fraction of sp³-hybridized carbons (Fsp3) is 0.400. The maximum Gasteiger partial charge on any atom is 0.270 e. The van der Waals surface area contributed by atoms with Crippen LogP contribution in [-0.4, -0.2) is 23.0 Å². The maximum absolute atomic E-state index is 12.5. The molecule has 0 unspecified atom stereocenters. The summed E-state index contributed by atoms with van der Waals surface area (Å²) in [4.78, 5) is 15.2. The fourth-order valence-corrected chi connectivity index (χ4v) is 0.933. The highest BCUT2D eigenvalue weighted by Gasteiger charge is 2.19. The molecule has 0 aromatic carbocycles. The molecule has 0 radical (unpaired) electrons. The van der Waals surface area contributed by atoms with Crippen molar-refractivity contribution < 1.29 is 9.18 Å². The van der Waals surface area contributed by atoms with Gasteiger partial charge in [-0.3, -0.25) is 4.79 Å². The average molecular weight is 248 g/mol. The van der Waals surface area contributed by atoms with Gasteiger partial charge in [-0.25, -0.2) is 9.37 Å². The van der Waals surface area contributed by atoms with E-state index >= 15 is 0 Å². The highest BCUT2D eigenvalue weighted by Crippen LogP contribution is 2.03. The number of carbonyl (C=O) groups is 1. The largest absolute Gasteiger partial charge is 0.345 e. The minimum atomic E-state index is -0.493. The van der Waals surface area contributed by atoms with Crippen LogP contribution in [0.3, 0.4) is 0 Å². The van der Waals surface area contributed by atoms with Gasteiger partial charge in [0.05, 0.1) is 6.20 Å². The Morgan fingerprint density at radius 3 is 2.62 bits per heavy atom. The molecule has 16 heavy (non-hydrogen) atoms. The van der Waals surface area contributed by atoms with Gasteiger partial charge in [0.2, 0.25) is 0 Å². The van der Waals surface area contributed by atoms with Crippen LogP contribution in [0.2, 0.25) is 0 Å². The molecule has 0 bridgehead atoms. The van der Waals surface area contributed by atoms with E-state index in [1.54, 1.807) is 13.8 Å². The summed E-state index contributed by atoms with van der Waals surface area (Å²) in [6.45, 7) is 3.92. The zero-order valence-corrected chi connectivity index (χ0v) is 9.97. The lowest BCUT2D eigenvalue weighted by Crippen LogP contribution is -2.49. The molecule has 1 rings (SSSR count). The molecule has 1 amide bonds. The Bertz CT molecular complexity index is 354. The summed E-state index contributed by atoms with van der Waals surface area (Å²) in [6.07, 6.45) is 1.00. The highest BCUT2D eigenvalue weighted by molar-refractivity contribution is 5.92. The number of nitrogens with two attached hydrogens (primary N) is 1. The second-order valence-corrected chi connectivity index (χ2v) is 3.90. The number of halogens is 2. The van der Waals surface area contributed by atoms with Crippen molar-refractivity contribution in [1.29, 1.82) is 0 Å². The van der Waals surface area contributed by atoms with E-state index in [9.17, 15) is 9.18 Å². The van der Waals surface area contributed by atoms with Crippen LogP contribution in [0.1, 0.15) is 24.3 Å². The minimum Gasteiger partial charge on any atom is -0.345 e. The molecule has 0 aliphatic heterocycles. The third-order valence-corrected chi connectivity index (χ3v) is 1.92. The van der Waals surface area contributed by atoms with E-state index in [4.69, 9.17) is 5.73 Å². The van der Waals surface area contributed by atoms with E-state index in [1.807, 2.05) is 0 Å². The van der Waals surface area contributed by atoms with Crippen molar-refractivity contribution in [2.45, 2.75) is 19.4 Å². The molecule has 0 aliphatic carbocycles. The molecule has 0 fully saturated rings. The van der Waals surface area contributed by atoms with Crippen LogP contribution >= 0.6 is 12.4 Å². The lowest BCUT2D eigenvalue weighted by atomic mass is 10.1. The van der Waals surface area contributed by atoms with Gasteiger partial charge in [-0.2, -0.15) is 0 Å². The Hall–Kier alpha value is -1.20. The molecule has 0 saturated heterocycles. The molecular weight excluding hydrogens is 233 g/mol. The van der Waals surface area contributed by atoms with E-state index in [0.717, 1.165) is 6.20 Å². The summed E-state index contributed by atoms with van der Waals surface area (Å²) < 4.78 is 12.5. The van der Waals surface area contributed by atoms with Crippen LogP contribution in [0.15, 0.2) is 18.3 Å². The van der Waals surface area contributed by atoms with Crippen molar-refractivity contribution in [3.8, 4) is 0 Å². The SMILES string of the molecule is CC(C)(CN)NC(=O)c1ccc(F)cn1.Cl. The smallest absolute Gasteiger partial charge is 0.270 e. The van der Waals surface area contributed by atoms with Crippen LogP contribution in [-0.2, 0) is 0 Å². The topological polar surface area (TPSA) is 68.0 Å². The zero-order chi connectivity index (χ0) is 11.5. The van der Waals surface area contributed by atoms with Gasteiger partial charge in [0, 0.05) is 12.1 Å². The number of aromatic nitrogens is 1. The molecule has 0 spiro atoms. The standard InChI is InChI=1S/C10H14FN3O.ClH/c1-10(2,6-12)14-9(15)8-4-3-7(11)5-13-8;/h3-5H,6,12H2,1-2H3,(H,14,15);1H. The molecule has 0 aliphatic rings. The zero-order valence-electron chi connectivity index (χ0n) is 9.16. The average Bonchev–Trinajstić information content (AvgIpc) is 2.18. The van der Waals surface area contributed by atoms with E-state index < -0.39 is 11.4 Å². The molecule has 3 N–H and O–H groups in total. The normalized spacial score (nSPS) is 10.5. The van der Waals surface area contributed by atoms with Crippen LogP contribution in [0.5, 0.6) is 0 Å². The lowest BCUT2D eigenvalue weighted by Gasteiger charge is -2.23. The summed E-state index contributed by atoms with van der Waals surface area (Å²) in [5, 5.41) is 2.69. The number of carbonyl (C=O) groups excluding carboxylic acids is 1. The molecule has 1 aromatic heterocycles. The molecule has 4 nitrogen and oxygen atoms in total. The first-order valence-corrected chi connectivity index (χ1v) is 4.59. The Morgan fingerprint density at radius 1 is 1.56 bits per heavy atom. The Balaban J connectivity index is 0.00000225. The van der Waals surface area contributed by atoms with Crippen LogP contribution < -0.4 is 11.1 Å². The van der Waals surface area contributed by atoms with E-state index in [-0.39, 0.29) is 24.0 Å². The molecule has 1 aromatic rings. The van der Waals surface area contributed by atoms with Gasteiger partial charge in [0.25, 0.3) is 5.91 Å². The van der Waals surface area contributed by atoms with Gasteiger partial charge in [-0.1, -0.05) is 0 Å². The monoisotopic (exact) mass is 247 g/mol. The number of amides is 1. The van der Waals surface area contributed by atoms with Crippen molar-refractivity contribution >= 4 is 18.3 Å². The number of hydrogen-bond donors (Lipinski definition) is 2. The number of rotatable bonds is 3. The van der Waals surface area contributed by atoms with Crippen molar-refractivity contribution in [2.75, 3.05) is 6.54 Å². The first kappa shape index (κ1) is 14.8. The summed E-state index contributed by atoms with van der Waals surface area (Å²) in [6, 6.07) is 2.52. The molecule has 0 saturated carbocycles. The number of hydrogen-bond acceptors (Lipinski definition) is 3. The fourth-order valence-electron chi connectivity index (χ4n) is 0.933. The quantitative estimate of drug-likeness (QED) is 0.841. The van der Waals surface area contributed by atoms with Gasteiger partial charge >= 0.3 is 0 Å². The number of nitrogens with one attached hydrogen (secondary N) is 1. The number of nitrogens with zero attached hydrogens (tertiary/aromatic N) is 1. The second-order valence-electron chi connectivity index (χ2n) is 3.90. The molecule has 90 valence electrons. The first-order chi connectivity index (χ1) is 6.94. The van der Waals surface area contributed by atoms with Crippen LogP contribution in [0.25, 0.3) is 0 Å². The summed E-state index contributed by atoms with van der Waals surface area (Å²) in [5.74, 6) is -0.824. The molecular formula is C10H15ClFN3O. The predicted molar refractivity (Wildman–Crippen MR) is 62.0 cm³/mol. The van der Waals surface area contributed by atoms with E-state index in [0.29, 0.717) is 6.54 Å². The van der Waals surface area contributed by atoms with Gasteiger partial charge < -0.3 is 11.1 Å². The Kier molecular flexibility index (Phi) is 5.33. The second kappa shape index (κ2) is 5.77. The van der Waals surface area contributed by atoms with Crippen molar-refractivity contribution in [3.05, 3.63) is 29.8 Å². The predicted octanol–water partition coefficient (Wildman–Crippen LogP) is 1.11. The van der Waals surface area contributed by atoms with Gasteiger partial charge in [0.1, 0.15) is 11.5 Å². The number of pyridine rings is 1. The molecule has 0 atom stereocenters. The Labute approximate surface area is 99.8 Å². The maximum atomic E-state index is 12.5. The summed E-state index contributed by atoms with van der Waals surface area (Å²) in [5.41, 5.74) is 5.15. The highest BCUT2D eigenvalue weighted by atomic mass is 35.5. The Morgan fingerprint density at radius 2 is 2.19 bits per heavy atom. The molecule has 1 heterocycles. The van der Waals surface area contributed by atoms with Crippen LogP contribution in [0.4, 0.5) is 4.39 Å². The third kappa shape index (κ3) is 4.12. The minimum absolute atomic E-state index is 0. The lowest BCUT2D eigenvalue weighted by molar-refractivity contribution is 0.0910. The summed E-state index contributed by atoms with van der Waals surface area (Å²) >= 11 is 0.